The fourth-order valence-corrected chi connectivity index (χ4v) is 2.29. The molecule has 0 atom stereocenters. The fourth-order valence-electron chi connectivity index (χ4n) is 2.29. The van der Waals surface area contributed by atoms with Crippen LogP contribution in [0, 0.1) is 0 Å². The van der Waals surface area contributed by atoms with Gasteiger partial charge >= 0.3 is 0 Å². The number of likely N-dealkylation sites (N-methyl/N-ethyl adjacent to an activating group) is 2. The molecule has 1 aliphatic carbocycles. The van der Waals surface area contributed by atoms with Crippen molar-refractivity contribution in [3.05, 3.63) is 23.8 Å². The normalized spacial score (nSPS) is 26.8. The van der Waals surface area contributed by atoms with Gasteiger partial charge in [0.05, 0.1) is 6.17 Å². The summed E-state index contributed by atoms with van der Waals surface area (Å²) in [5, 5.41) is 0. The molecule has 0 N–H and O–H groups in total. The summed E-state index contributed by atoms with van der Waals surface area (Å²) in [7, 11) is 4.43. The third kappa shape index (κ3) is 1.69. The second-order valence-corrected chi connectivity index (χ2v) is 4.03. The smallest absolute Gasteiger partial charge is 0.0844 e. The van der Waals surface area contributed by atoms with Crippen LogP contribution in [0.15, 0.2) is 23.8 Å². The van der Waals surface area contributed by atoms with E-state index >= 15 is 0 Å². The van der Waals surface area contributed by atoms with Crippen LogP contribution >= 0.6 is 0 Å². The van der Waals surface area contributed by atoms with Crippen LogP contribution in [0.3, 0.4) is 0 Å². The lowest BCUT2D eigenvalue weighted by Crippen LogP contribution is -2.36. The van der Waals surface area contributed by atoms with Gasteiger partial charge in [0.25, 0.3) is 0 Å². The molecule has 0 aromatic heterocycles. The van der Waals surface area contributed by atoms with E-state index in [0.717, 1.165) is 12.8 Å². The molecule has 0 aromatic rings. The molecule has 1 heterocycles. The summed E-state index contributed by atoms with van der Waals surface area (Å²) in [6.45, 7) is 2.39. The van der Waals surface area contributed by atoms with E-state index in [9.17, 15) is 0 Å². The molecule has 13 heavy (non-hydrogen) atoms. The highest BCUT2D eigenvalue weighted by Gasteiger charge is 2.28. The van der Waals surface area contributed by atoms with Crippen molar-refractivity contribution >= 4 is 0 Å². The summed E-state index contributed by atoms with van der Waals surface area (Å²) in [6.07, 6.45) is 9.73. The molecule has 72 valence electrons. The highest BCUT2D eigenvalue weighted by molar-refractivity contribution is 5.20. The Labute approximate surface area is 80.5 Å². The molecule has 2 aliphatic rings. The number of hydrogen-bond donors (Lipinski definition) is 0. The molecule has 2 nitrogen and oxygen atoms in total. The second-order valence-electron chi connectivity index (χ2n) is 4.03. The average Bonchev–Trinajstić information content (AvgIpc) is 2.48. The maximum atomic E-state index is 2.44. The summed E-state index contributed by atoms with van der Waals surface area (Å²) in [4.78, 5) is 4.87. The molecule has 0 amide bonds. The SMILES string of the molecule is CN1CCN(C)C1C1=CCC=CC1. The summed E-state index contributed by atoms with van der Waals surface area (Å²) in [5.74, 6) is 0. The Morgan fingerprint density at radius 3 is 2.38 bits per heavy atom. The van der Waals surface area contributed by atoms with E-state index in [2.05, 4.69) is 42.1 Å². The van der Waals surface area contributed by atoms with E-state index in [4.69, 9.17) is 0 Å². The lowest BCUT2D eigenvalue weighted by molar-refractivity contribution is 0.221. The lowest BCUT2D eigenvalue weighted by atomic mass is 10.0. The van der Waals surface area contributed by atoms with Crippen LogP contribution in [-0.2, 0) is 0 Å². The average molecular weight is 178 g/mol. The first kappa shape index (κ1) is 8.97. The number of rotatable bonds is 1. The lowest BCUT2D eigenvalue weighted by Gasteiger charge is -2.28. The first-order valence-electron chi connectivity index (χ1n) is 5.03. The topological polar surface area (TPSA) is 6.48 Å². The van der Waals surface area contributed by atoms with Crippen molar-refractivity contribution in [2.75, 3.05) is 27.2 Å². The van der Waals surface area contributed by atoms with Crippen molar-refractivity contribution < 1.29 is 0 Å². The monoisotopic (exact) mass is 178 g/mol. The maximum Gasteiger partial charge on any atom is 0.0844 e. The first-order valence-corrected chi connectivity index (χ1v) is 5.03. The number of allylic oxidation sites excluding steroid dienone is 3. The van der Waals surface area contributed by atoms with E-state index in [1.807, 2.05) is 0 Å². The molecule has 1 saturated heterocycles. The molecule has 1 aliphatic heterocycles. The highest BCUT2D eigenvalue weighted by Crippen LogP contribution is 2.23. The van der Waals surface area contributed by atoms with Crippen LogP contribution in [-0.4, -0.2) is 43.2 Å². The van der Waals surface area contributed by atoms with Gasteiger partial charge in [0.1, 0.15) is 0 Å². The Morgan fingerprint density at radius 1 is 1.15 bits per heavy atom. The van der Waals surface area contributed by atoms with Crippen molar-refractivity contribution in [2.24, 2.45) is 0 Å². The van der Waals surface area contributed by atoms with Gasteiger partial charge in [-0.25, -0.2) is 0 Å². The van der Waals surface area contributed by atoms with Crippen molar-refractivity contribution in [1.82, 2.24) is 9.80 Å². The minimum atomic E-state index is 0.560. The minimum absolute atomic E-state index is 0.560. The van der Waals surface area contributed by atoms with Gasteiger partial charge in [-0.05, 0) is 32.5 Å². The standard InChI is InChI=1S/C11H18N2/c1-12-8-9-13(2)11(12)10-6-4-3-5-7-10/h3-4,7,11H,5-6,8-9H2,1-2H3. The third-order valence-corrected chi connectivity index (χ3v) is 3.01. The molecular formula is C11H18N2. The predicted octanol–water partition coefficient (Wildman–Crippen LogP) is 1.47. The second kappa shape index (κ2) is 3.64. The van der Waals surface area contributed by atoms with Crippen LogP contribution < -0.4 is 0 Å². The summed E-state index contributed by atoms with van der Waals surface area (Å²) >= 11 is 0. The van der Waals surface area contributed by atoms with E-state index in [1.54, 1.807) is 5.57 Å². The molecule has 1 fully saturated rings. The first-order chi connectivity index (χ1) is 6.29. The predicted molar refractivity (Wildman–Crippen MR) is 55.5 cm³/mol. The van der Waals surface area contributed by atoms with Crippen LogP contribution in [0.4, 0.5) is 0 Å². The molecule has 0 bridgehead atoms. The van der Waals surface area contributed by atoms with Crippen molar-refractivity contribution in [3.8, 4) is 0 Å². The quantitative estimate of drug-likeness (QED) is 0.561. The minimum Gasteiger partial charge on any atom is -0.286 e. The molecular weight excluding hydrogens is 160 g/mol. The summed E-state index contributed by atoms with van der Waals surface area (Å²) in [6, 6.07) is 0. The largest absolute Gasteiger partial charge is 0.286 e. The van der Waals surface area contributed by atoms with Crippen LogP contribution in [0.2, 0.25) is 0 Å². The van der Waals surface area contributed by atoms with Gasteiger partial charge in [0, 0.05) is 13.1 Å². The molecule has 0 unspecified atom stereocenters. The van der Waals surface area contributed by atoms with Gasteiger partial charge in [-0.1, -0.05) is 18.2 Å². The zero-order chi connectivity index (χ0) is 9.26. The molecule has 2 rings (SSSR count). The van der Waals surface area contributed by atoms with E-state index in [1.165, 1.54) is 13.1 Å². The molecule has 0 spiro atoms. The van der Waals surface area contributed by atoms with Crippen LogP contribution in [0.5, 0.6) is 0 Å². The molecule has 0 saturated carbocycles. The Hall–Kier alpha value is -0.600. The van der Waals surface area contributed by atoms with Gasteiger partial charge in [-0.15, -0.1) is 0 Å². The van der Waals surface area contributed by atoms with E-state index < -0.39 is 0 Å². The molecule has 0 radical (unpaired) electrons. The van der Waals surface area contributed by atoms with Crippen molar-refractivity contribution in [2.45, 2.75) is 19.0 Å². The molecule has 0 aromatic carbocycles. The zero-order valence-corrected chi connectivity index (χ0v) is 8.53. The van der Waals surface area contributed by atoms with Crippen LogP contribution in [0.25, 0.3) is 0 Å². The van der Waals surface area contributed by atoms with E-state index in [0.29, 0.717) is 6.17 Å². The maximum absolute atomic E-state index is 2.44. The summed E-state index contributed by atoms with van der Waals surface area (Å²) in [5.41, 5.74) is 1.57. The zero-order valence-electron chi connectivity index (χ0n) is 8.53. The Balaban J connectivity index is 2.10. The van der Waals surface area contributed by atoms with Gasteiger partial charge in [-0.3, -0.25) is 9.80 Å². The number of nitrogens with zero attached hydrogens (tertiary/aromatic N) is 2. The fraction of sp³-hybridized carbons (Fsp3) is 0.636. The Morgan fingerprint density at radius 2 is 1.85 bits per heavy atom. The third-order valence-electron chi connectivity index (χ3n) is 3.01. The summed E-state index contributed by atoms with van der Waals surface area (Å²) < 4.78 is 0. The van der Waals surface area contributed by atoms with Crippen molar-refractivity contribution in [3.63, 3.8) is 0 Å². The Kier molecular flexibility index (Phi) is 2.51. The van der Waals surface area contributed by atoms with Gasteiger partial charge in [0.2, 0.25) is 0 Å². The van der Waals surface area contributed by atoms with E-state index in [-0.39, 0.29) is 0 Å². The van der Waals surface area contributed by atoms with Crippen LogP contribution in [0.1, 0.15) is 12.8 Å². The van der Waals surface area contributed by atoms with Gasteiger partial charge < -0.3 is 0 Å². The Bertz CT molecular complexity index is 232. The van der Waals surface area contributed by atoms with Crippen molar-refractivity contribution in [1.29, 1.82) is 0 Å². The van der Waals surface area contributed by atoms with Gasteiger partial charge in [0.15, 0.2) is 0 Å². The molecule has 2 heteroatoms. The van der Waals surface area contributed by atoms with Gasteiger partial charge in [-0.2, -0.15) is 0 Å². The highest BCUT2D eigenvalue weighted by atomic mass is 15.4. The number of hydrogen-bond acceptors (Lipinski definition) is 2.